The van der Waals surface area contributed by atoms with Gasteiger partial charge in [-0.1, -0.05) is 32.9 Å². The number of likely N-dealkylation sites (N-methyl/N-ethyl adjacent to an activating group) is 1. The van der Waals surface area contributed by atoms with E-state index in [0.29, 0.717) is 0 Å². The third-order valence-electron chi connectivity index (χ3n) is 4.85. The van der Waals surface area contributed by atoms with Gasteiger partial charge in [-0.15, -0.1) is 0 Å². The molecule has 116 valence electrons. The van der Waals surface area contributed by atoms with Crippen molar-refractivity contribution < 1.29 is 4.74 Å². The predicted molar refractivity (Wildman–Crippen MR) is 88.2 cm³/mol. The summed E-state index contributed by atoms with van der Waals surface area (Å²) in [5.74, 6) is 0. The fraction of sp³-hybridized carbons (Fsp3) is 0.667. The van der Waals surface area contributed by atoms with Crippen molar-refractivity contribution in [2.75, 3.05) is 44.7 Å². The minimum absolute atomic E-state index is 0.0513. The van der Waals surface area contributed by atoms with Gasteiger partial charge in [0.2, 0.25) is 0 Å². The summed E-state index contributed by atoms with van der Waals surface area (Å²) in [6, 6.07) is 9.08. The van der Waals surface area contributed by atoms with Gasteiger partial charge in [-0.05, 0) is 36.6 Å². The largest absolute Gasteiger partial charge is 0.370 e. The van der Waals surface area contributed by atoms with E-state index in [1.54, 1.807) is 0 Å². The molecule has 0 amide bonds. The van der Waals surface area contributed by atoms with Crippen LogP contribution < -0.4 is 4.90 Å². The number of hydrogen-bond acceptors (Lipinski definition) is 3. The van der Waals surface area contributed by atoms with Gasteiger partial charge in [0, 0.05) is 31.9 Å². The molecule has 2 aliphatic heterocycles. The van der Waals surface area contributed by atoms with Gasteiger partial charge < -0.3 is 14.5 Å². The lowest BCUT2D eigenvalue weighted by Crippen LogP contribution is -2.51. The van der Waals surface area contributed by atoms with Crippen molar-refractivity contribution >= 4 is 5.69 Å². The van der Waals surface area contributed by atoms with Crippen LogP contribution in [-0.4, -0.2) is 50.3 Å². The van der Waals surface area contributed by atoms with Gasteiger partial charge >= 0.3 is 0 Å². The number of ether oxygens (including phenoxy) is 1. The van der Waals surface area contributed by atoms with Gasteiger partial charge in [-0.25, -0.2) is 0 Å². The molecule has 0 saturated carbocycles. The minimum Gasteiger partial charge on any atom is -0.370 e. The molecule has 3 nitrogen and oxygen atoms in total. The third kappa shape index (κ3) is 3.09. The average molecular weight is 288 g/mol. The summed E-state index contributed by atoms with van der Waals surface area (Å²) in [4.78, 5) is 4.88. The van der Waals surface area contributed by atoms with E-state index in [-0.39, 0.29) is 11.0 Å². The predicted octanol–water partition coefficient (Wildman–Crippen LogP) is 2.90. The molecule has 2 aliphatic rings. The summed E-state index contributed by atoms with van der Waals surface area (Å²) < 4.78 is 6.14. The van der Waals surface area contributed by atoms with Gasteiger partial charge in [0.1, 0.15) is 0 Å². The molecular formula is C18H28N2O. The summed E-state index contributed by atoms with van der Waals surface area (Å²) >= 11 is 0. The van der Waals surface area contributed by atoms with Crippen molar-refractivity contribution in [3.05, 3.63) is 29.8 Å². The third-order valence-corrected chi connectivity index (χ3v) is 4.85. The molecule has 2 saturated heterocycles. The van der Waals surface area contributed by atoms with Gasteiger partial charge in [0.05, 0.1) is 12.2 Å². The zero-order chi connectivity index (χ0) is 15.1. The molecule has 1 aromatic carbocycles. The molecule has 0 aromatic heterocycles. The smallest absolute Gasteiger partial charge is 0.0999 e. The SMILES string of the molecule is CN1CCOC2(CCN(c3ccc(C(C)(C)C)cc3)C2)C1. The first-order chi connectivity index (χ1) is 9.88. The van der Waals surface area contributed by atoms with E-state index >= 15 is 0 Å². The molecule has 1 spiro atoms. The van der Waals surface area contributed by atoms with E-state index in [4.69, 9.17) is 4.74 Å². The quantitative estimate of drug-likeness (QED) is 0.790. The Labute approximate surface area is 128 Å². The minimum atomic E-state index is 0.0513. The van der Waals surface area contributed by atoms with E-state index in [9.17, 15) is 0 Å². The van der Waals surface area contributed by atoms with Crippen LogP contribution in [0.1, 0.15) is 32.8 Å². The molecule has 0 aliphatic carbocycles. The Bertz CT molecular complexity index is 491. The highest BCUT2D eigenvalue weighted by Crippen LogP contribution is 2.33. The first-order valence-electron chi connectivity index (χ1n) is 8.06. The van der Waals surface area contributed by atoms with Crippen molar-refractivity contribution in [2.24, 2.45) is 0 Å². The van der Waals surface area contributed by atoms with Gasteiger partial charge in [0.15, 0.2) is 0 Å². The van der Waals surface area contributed by atoms with Crippen LogP contribution in [0.25, 0.3) is 0 Å². The number of rotatable bonds is 1. The Hall–Kier alpha value is -1.06. The van der Waals surface area contributed by atoms with Crippen LogP contribution in [0.2, 0.25) is 0 Å². The highest BCUT2D eigenvalue weighted by atomic mass is 16.5. The zero-order valence-electron chi connectivity index (χ0n) is 13.9. The maximum Gasteiger partial charge on any atom is 0.0999 e. The van der Waals surface area contributed by atoms with E-state index in [0.717, 1.165) is 39.2 Å². The van der Waals surface area contributed by atoms with Crippen LogP contribution in [0.15, 0.2) is 24.3 Å². The summed E-state index contributed by atoms with van der Waals surface area (Å²) in [6.45, 7) is 11.9. The second-order valence-corrected chi connectivity index (χ2v) is 7.74. The molecule has 1 aromatic rings. The Morgan fingerprint density at radius 3 is 2.38 bits per heavy atom. The average Bonchev–Trinajstić information content (AvgIpc) is 2.81. The normalized spacial score (nSPS) is 27.5. The summed E-state index contributed by atoms with van der Waals surface area (Å²) in [6.07, 6.45) is 1.14. The number of hydrogen-bond donors (Lipinski definition) is 0. The monoisotopic (exact) mass is 288 g/mol. The highest BCUT2D eigenvalue weighted by molar-refractivity contribution is 5.50. The Morgan fingerprint density at radius 1 is 1.05 bits per heavy atom. The highest BCUT2D eigenvalue weighted by Gasteiger charge is 2.42. The lowest BCUT2D eigenvalue weighted by Gasteiger charge is -2.38. The van der Waals surface area contributed by atoms with Crippen LogP contribution in [0.3, 0.4) is 0 Å². The summed E-state index contributed by atoms with van der Waals surface area (Å²) in [7, 11) is 2.20. The van der Waals surface area contributed by atoms with Gasteiger partial charge in [-0.3, -0.25) is 0 Å². The van der Waals surface area contributed by atoms with E-state index in [2.05, 4.69) is 61.9 Å². The summed E-state index contributed by atoms with van der Waals surface area (Å²) in [5, 5.41) is 0. The van der Waals surface area contributed by atoms with E-state index in [1.807, 2.05) is 0 Å². The first-order valence-corrected chi connectivity index (χ1v) is 8.06. The molecule has 0 radical (unpaired) electrons. The Morgan fingerprint density at radius 2 is 1.76 bits per heavy atom. The fourth-order valence-electron chi connectivity index (χ4n) is 3.52. The fourth-order valence-corrected chi connectivity index (χ4v) is 3.52. The van der Waals surface area contributed by atoms with Crippen molar-refractivity contribution in [2.45, 2.75) is 38.2 Å². The molecule has 1 atom stereocenters. The van der Waals surface area contributed by atoms with E-state index in [1.165, 1.54) is 11.3 Å². The molecular weight excluding hydrogens is 260 g/mol. The molecule has 3 heteroatoms. The van der Waals surface area contributed by atoms with Crippen LogP contribution in [-0.2, 0) is 10.2 Å². The van der Waals surface area contributed by atoms with Crippen molar-refractivity contribution in [3.63, 3.8) is 0 Å². The molecule has 21 heavy (non-hydrogen) atoms. The van der Waals surface area contributed by atoms with Crippen LogP contribution in [0.5, 0.6) is 0 Å². The lowest BCUT2D eigenvalue weighted by atomic mass is 9.87. The molecule has 2 heterocycles. The molecule has 0 bridgehead atoms. The van der Waals surface area contributed by atoms with Gasteiger partial charge in [-0.2, -0.15) is 0 Å². The molecule has 2 fully saturated rings. The second-order valence-electron chi connectivity index (χ2n) is 7.74. The van der Waals surface area contributed by atoms with E-state index < -0.39 is 0 Å². The maximum atomic E-state index is 6.14. The van der Waals surface area contributed by atoms with Crippen LogP contribution in [0.4, 0.5) is 5.69 Å². The number of benzene rings is 1. The number of nitrogens with zero attached hydrogens (tertiary/aromatic N) is 2. The number of anilines is 1. The van der Waals surface area contributed by atoms with Crippen molar-refractivity contribution in [1.29, 1.82) is 0 Å². The maximum absolute atomic E-state index is 6.14. The van der Waals surface area contributed by atoms with Crippen molar-refractivity contribution in [3.8, 4) is 0 Å². The van der Waals surface area contributed by atoms with Crippen LogP contribution in [0, 0.1) is 0 Å². The topological polar surface area (TPSA) is 15.7 Å². The Balaban J connectivity index is 1.71. The molecule has 3 rings (SSSR count). The zero-order valence-corrected chi connectivity index (χ0v) is 13.9. The summed E-state index contributed by atoms with van der Waals surface area (Å²) in [5.41, 5.74) is 3.00. The second kappa shape index (κ2) is 5.29. The number of morpholine rings is 1. The van der Waals surface area contributed by atoms with Gasteiger partial charge in [0.25, 0.3) is 0 Å². The first kappa shape index (κ1) is 14.9. The standard InChI is InChI=1S/C18H28N2O/c1-17(2,3)15-5-7-16(8-6-15)20-10-9-18(14-20)13-19(4)11-12-21-18/h5-8H,9-14H2,1-4H3. The Kier molecular flexibility index (Phi) is 3.74. The van der Waals surface area contributed by atoms with Crippen molar-refractivity contribution in [1.82, 2.24) is 4.90 Å². The molecule has 0 N–H and O–H groups in total. The lowest BCUT2D eigenvalue weighted by molar-refractivity contribution is -0.0885. The van der Waals surface area contributed by atoms with Crippen LogP contribution >= 0.6 is 0 Å². The molecule has 1 unspecified atom stereocenters.